The maximum absolute atomic E-state index is 12.6. The van der Waals surface area contributed by atoms with Crippen LogP contribution in [0, 0.1) is 0 Å². The molecule has 0 saturated heterocycles. The molecule has 7 nitrogen and oxygen atoms in total. The fourth-order valence-corrected chi connectivity index (χ4v) is 4.75. The summed E-state index contributed by atoms with van der Waals surface area (Å²) >= 11 is 1.58. The van der Waals surface area contributed by atoms with Crippen molar-refractivity contribution in [3.63, 3.8) is 0 Å². The van der Waals surface area contributed by atoms with E-state index in [1.165, 1.54) is 6.07 Å². The van der Waals surface area contributed by atoms with Gasteiger partial charge in [-0.1, -0.05) is 36.0 Å². The summed E-state index contributed by atoms with van der Waals surface area (Å²) < 4.78 is 5.82. The molecule has 0 fully saturated rings. The highest BCUT2D eigenvalue weighted by molar-refractivity contribution is 7.99. The molecule has 0 aliphatic carbocycles. The highest BCUT2D eigenvalue weighted by atomic mass is 32.2. The molecule has 0 aromatic heterocycles. The third-order valence-corrected chi connectivity index (χ3v) is 6.84. The van der Waals surface area contributed by atoms with Crippen molar-refractivity contribution < 1.29 is 29.3 Å². The summed E-state index contributed by atoms with van der Waals surface area (Å²) in [5.41, 5.74) is 0.724. The van der Waals surface area contributed by atoms with Gasteiger partial charge in [-0.3, -0.25) is 9.59 Å². The summed E-state index contributed by atoms with van der Waals surface area (Å²) in [5, 5.41) is 22.8. The third kappa shape index (κ3) is 7.36. The molecule has 0 bridgehead atoms. The van der Waals surface area contributed by atoms with Gasteiger partial charge >= 0.3 is 11.9 Å². The second-order valence-electron chi connectivity index (χ2n) is 8.65. The summed E-state index contributed by atoms with van der Waals surface area (Å²) in [5.74, 6) is -1.45. The molecule has 0 radical (unpaired) electrons. The van der Waals surface area contributed by atoms with Crippen LogP contribution in [0.4, 0.5) is 5.69 Å². The Hall–Kier alpha value is -4.30. The summed E-state index contributed by atoms with van der Waals surface area (Å²) in [4.78, 5) is 36.6. The number of fused-ring (bicyclic) bond motifs is 1. The van der Waals surface area contributed by atoms with Crippen molar-refractivity contribution >= 4 is 46.1 Å². The van der Waals surface area contributed by atoms with Gasteiger partial charge in [0.1, 0.15) is 5.75 Å². The van der Waals surface area contributed by atoms with Gasteiger partial charge in [0.25, 0.3) is 5.91 Å². The number of carboxylic acids is 2. The Bertz CT molecular complexity index is 1450. The van der Waals surface area contributed by atoms with Gasteiger partial charge in [-0.15, -0.1) is 0 Å². The normalized spacial score (nSPS) is 10.7. The van der Waals surface area contributed by atoms with Crippen LogP contribution in [0.2, 0.25) is 0 Å². The number of hydrogen-bond acceptors (Lipinski definition) is 5. The van der Waals surface area contributed by atoms with Crippen LogP contribution in [0.3, 0.4) is 0 Å². The fraction of sp³-hybridized carbons (Fsp3) is 0.167. The number of unbranched alkanes of at least 4 members (excludes halogenated alkanes) is 2. The number of carbonyl (C=O) groups excluding carboxylic acids is 1. The average Bonchev–Trinajstić information content (AvgIpc) is 2.91. The van der Waals surface area contributed by atoms with E-state index in [4.69, 9.17) is 9.84 Å². The minimum Gasteiger partial charge on any atom is -0.494 e. The van der Waals surface area contributed by atoms with Crippen molar-refractivity contribution in [3.05, 3.63) is 96.1 Å². The van der Waals surface area contributed by atoms with E-state index >= 15 is 0 Å². The summed E-state index contributed by atoms with van der Waals surface area (Å²) in [6, 6.07) is 25.6. The predicted octanol–water partition coefficient (Wildman–Crippen LogP) is 6.97. The van der Waals surface area contributed by atoms with E-state index in [9.17, 15) is 19.5 Å². The second-order valence-corrected chi connectivity index (χ2v) is 9.80. The monoisotopic (exact) mass is 529 g/mol. The van der Waals surface area contributed by atoms with Crippen LogP contribution in [0.15, 0.2) is 94.7 Å². The molecule has 3 N–H and O–H groups in total. The average molecular weight is 530 g/mol. The Morgan fingerprint density at radius 3 is 2.24 bits per heavy atom. The van der Waals surface area contributed by atoms with Gasteiger partial charge in [0.15, 0.2) is 0 Å². The third-order valence-electron chi connectivity index (χ3n) is 5.84. The quantitative estimate of drug-likeness (QED) is 0.170. The minimum absolute atomic E-state index is 0.0380. The Balaban J connectivity index is 1.33. The number of carboxylic acid groups (broad SMARTS) is 2. The Morgan fingerprint density at radius 1 is 0.763 bits per heavy atom. The highest BCUT2D eigenvalue weighted by Gasteiger charge is 2.13. The molecule has 0 aliphatic heterocycles. The SMILES string of the molecule is O=C(O)CCCCCOc1ccc2cc(Sc3ccc(C(=O)Nc4ccccc4C(=O)O)cc3)ccc2c1. The van der Waals surface area contributed by atoms with Crippen LogP contribution in [0.25, 0.3) is 10.8 Å². The topological polar surface area (TPSA) is 113 Å². The molecular formula is C30H27NO6S. The summed E-state index contributed by atoms with van der Waals surface area (Å²) in [7, 11) is 0. The molecule has 4 aromatic carbocycles. The van der Waals surface area contributed by atoms with E-state index in [0.717, 1.165) is 39.2 Å². The zero-order valence-corrected chi connectivity index (χ0v) is 21.4. The number of nitrogens with one attached hydrogen (secondary N) is 1. The summed E-state index contributed by atoms with van der Waals surface area (Å²) in [6.07, 6.45) is 2.50. The number of amides is 1. The maximum atomic E-state index is 12.6. The van der Waals surface area contributed by atoms with Crippen molar-refractivity contribution in [1.29, 1.82) is 0 Å². The fourth-order valence-electron chi connectivity index (χ4n) is 3.88. The van der Waals surface area contributed by atoms with E-state index in [1.807, 2.05) is 42.5 Å². The molecule has 0 aliphatic rings. The number of aliphatic carboxylic acids is 1. The smallest absolute Gasteiger partial charge is 0.337 e. The maximum Gasteiger partial charge on any atom is 0.337 e. The summed E-state index contributed by atoms with van der Waals surface area (Å²) in [6.45, 7) is 0.555. The number of rotatable bonds is 12. The Labute approximate surface area is 224 Å². The lowest BCUT2D eigenvalue weighted by Crippen LogP contribution is -2.14. The molecule has 4 aromatic rings. The highest BCUT2D eigenvalue weighted by Crippen LogP contribution is 2.31. The number of anilines is 1. The van der Waals surface area contributed by atoms with E-state index in [2.05, 4.69) is 11.4 Å². The standard InChI is InChI=1S/C30H27NO6S/c32-28(33)8-2-1-5-17-37-23-13-9-22-19-25(16-12-21(22)18-23)38-24-14-10-20(11-15-24)29(34)31-27-7-4-3-6-26(27)30(35)36/h3-4,6-7,9-16,18-19H,1-2,5,8,17H2,(H,31,34)(H,32,33)(H,35,36). The lowest BCUT2D eigenvalue weighted by atomic mass is 10.1. The number of carbonyl (C=O) groups is 3. The number of benzene rings is 4. The first-order valence-corrected chi connectivity index (χ1v) is 13.0. The predicted molar refractivity (Wildman–Crippen MR) is 147 cm³/mol. The molecule has 0 heterocycles. The van der Waals surface area contributed by atoms with Crippen molar-refractivity contribution in [2.45, 2.75) is 35.5 Å². The Kier molecular flexibility index (Phi) is 9.00. The lowest BCUT2D eigenvalue weighted by molar-refractivity contribution is -0.137. The molecule has 1 amide bonds. The zero-order valence-electron chi connectivity index (χ0n) is 20.6. The van der Waals surface area contributed by atoms with Gasteiger partial charge in [0, 0.05) is 21.8 Å². The van der Waals surface area contributed by atoms with Gasteiger partial charge in [-0.2, -0.15) is 0 Å². The molecule has 194 valence electrons. The molecule has 0 spiro atoms. The van der Waals surface area contributed by atoms with Gasteiger partial charge in [-0.05, 0) is 90.7 Å². The van der Waals surface area contributed by atoms with Gasteiger partial charge in [0.05, 0.1) is 17.9 Å². The molecule has 4 rings (SSSR count). The molecule has 0 unspecified atom stereocenters. The molecular weight excluding hydrogens is 502 g/mol. The largest absolute Gasteiger partial charge is 0.494 e. The van der Waals surface area contributed by atoms with Gasteiger partial charge in [-0.25, -0.2) is 4.79 Å². The van der Waals surface area contributed by atoms with E-state index in [0.29, 0.717) is 18.6 Å². The zero-order chi connectivity index (χ0) is 26.9. The van der Waals surface area contributed by atoms with Crippen LogP contribution >= 0.6 is 11.8 Å². The Morgan fingerprint density at radius 2 is 1.47 bits per heavy atom. The van der Waals surface area contributed by atoms with Crippen molar-refractivity contribution in [3.8, 4) is 5.75 Å². The van der Waals surface area contributed by atoms with Gasteiger partial charge in [0.2, 0.25) is 0 Å². The van der Waals surface area contributed by atoms with Crippen LogP contribution in [-0.2, 0) is 4.79 Å². The van der Waals surface area contributed by atoms with Gasteiger partial charge < -0.3 is 20.3 Å². The molecule has 8 heteroatoms. The first kappa shape index (κ1) is 26.8. The van der Waals surface area contributed by atoms with Crippen molar-refractivity contribution in [2.24, 2.45) is 0 Å². The van der Waals surface area contributed by atoms with E-state index in [1.54, 1.807) is 42.1 Å². The van der Waals surface area contributed by atoms with Crippen LogP contribution in [0.5, 0.6) is 5.75 Å². The number of para-hydroxylation sites is 1. The first-order chi connectivity index (χ1) is 18.4. The molecule has 0 saturated carbocycles. The van der Waals surface area contributed by atoms with Crippen LogP contribution < -0.4 is 10.1 Å². The van der Waals surface area contributed by atoms with Crippen molar-refractivity contribution in [1.82, 2.24) is 0 Å². The number of ether oxygens (including phenoxy) is 1. The molecule has 38 heavy (non-hydrogen) atoms. The number of hydrogen-bond donors (Lipinski definition) is 3. The number of aromatic carboxylic acids is 1. The van der Waals surface area contributed by atoms with Crippen LogP contribution in [-0.4, -0.2) is 34.7 Å². The minimum atomic E-state index is -1.10. The first-order valence-electron chi connectivity index (χ1n) is 12.2. The van der Waals surface area contributed by atoms with E-state index < -0.39 is 11.9 Å². The molecule has 0 atom stereocenters. The second kappa shape index (κ2) is 12.8. The lowest BCUT2D eigenvalue weighted by Gasteiger charge is -2.10. The van der Waals surface area contributed by atoms with E-state index in [-0.39, 0.29) is 23.6 Å². The van der Waals surface area contributed by atoms with Crippen LogP contribution in [0.1, 0.15) is 46.4 Å². The van der Waals surface area contributed by atoms with Crippen molar-refractivity contribution in [2.75, 3.05) is 11.9 Å².